The number of Topliss-reactive ketones (excluding diaryl/α,β-unsaturated/α-hetero) is 1. The number of aromatic nitrogens is 3. The molecule has 3 aromatic rings. The van der Waals surface area contributed by atoms with Crippen molar-refractivity contribution < 1.29 is 19.1 Å². The molecule has 0 spiro atoms. The van der Waals surface area contributed by atoms with Crippen molar-refractivity contribution in [2.75, 3.05) is 20.3 Å². The van der Waals surface area contributed by atoms with Crippen LogP contribution in [0, 0.1) is 13.8 Å². The lowest BCUT2D eigenvalue weighted by molar-refractivity contribution is 0.0466. The average molecular weight is 423 g/mol. The second kappa shape index (κ2) is 9.99. The Hall–Kier alpha value is -3.52. The van der Waals surface area contributed by atoms with Crippen LogP contribution in [0.25, 0.3) is 0 Å². The van der Waals surface area contributed by atoms with E-state index in [9.17, 15) is 14.4 Å². The third-order valence-corrected chi connectivity index (χ3v) is 4.98. The molecule has 0 unspecified atom stereocenters. The van der Waals surface area contributed by atoms with Crippen LogP contribution in [-0.2, 0) is 22.6 Å². The second-order valence-corrected chi connectivity index (χ2v) is 7.13. The van der Waals surface area contributed by atoms with E-state index in [-0.39, 0.29) is 23.6 Å². The third kappa shape index (κ3) is 5.35. The van der Waals surface area contributed by atoms with Gasteiger partial charge in [-0.3, -0.25) is 9.59 Å². The van der Waals surface area contributed by atoms with Crippen LogP contribution >= 0.6 is 0 Å². The predicted molar refractivity (Wildman–Crippen MR) is 114 cm³/mol. The molecular weight excluding hydrogens is 398 g/mol. The maximum Gasteiger partial charge on any atom is 0.359 e. The SMILES string of the molecule is COCCn1c(C)cc(C(=O)COC(=O)c2ccc(=O)n(Cc3ccccc3)n2)c1C. The number of ether oxygens (including phenoxy) is 2. The number of esters is 1. The molecule has 0 aliphatic carbocycles. The van der Waals surface area contributed by atoms with Crippen molar-refractivity contribution in [3.8, 4) is 0 Å². The van der Waals surface area contributed by atoms with Gasteiger partial charge in [0.15, 0.2) is 12.3 Å². The summed E-state index contributed by atoms with van der Waals surface area (Å²) in [5.41, 5.74) is 2.74. The number of ketones is 1. The van der Waals surface area contributed by atoms with Gasteiger partial charge in [0, 0.05) is 36.7 Å². The molecule has 0 radical (unpaired) electrons. The van der Waals surface area contributed by atoms with Gasteiger partial charge in [0.1, 0.15) is 0 Å². The van der Waals surface area contributed by atoms with E-state index >= 15 is 0 Å². The normalized spacial score (nSPS) is 10.8. The van der Waals surface area contributed by atoms with Gasteiger partial charge in [-0.1, -0.05) is 30.3 Å². The molecule has 8 nitrogen and oxygen atoms in total. The summed E-state index contributed by atoms with van der Waals surface area (Å²) in [6, 6.07) is 13.7. The Labute approximate surface area is 180 Å². The van der Waals surface area contributed by atoms with Gasteiger partial charge >= 0.3 is 5.97 Å². The highest BCUT2D eigenvalue weighted by molar-refractivity contribution is 6.00. The summed E-state index contributed by atoms with van der Waals surface area (Å²) in [7, 11) is 1.62. The molecule has 2 aromatic heterocycles. The highest BCUT2D eigenvalue weighted by atomic mass is 16.5. The summed E-state index contributed by atoms with van der Waals surface area (Å²) >= 11 is 0. The standard InChI is InChI=1S/C23H25N3O5/c1-16-13-19(17(2)25(16)11-12-30-3)21(27)15-31-23(29)20-9-10-22(28)26(24-20)14-18-7-5-4-6-8-18/h4-10,13H,11-12,14-15H2,1-3H3. The van der Waals surface area contributed by atoms with E-state index in [1.807, 2.05) is 48.7 Å². The van der Waals surface area contributed by atoms with Crippen LogP contribution in [-0.4, -0.2) is 46.4 Å². The van der Waals surface area contributed by atoms with E-state index < -0.39 is 12.6 Å². The van der Waals surface area contributed by atoms with Crippen molar-refractivity contribution >= 4 is 11.8 Å². The van der Waals surface area contributed by atoms with Crippen LogP contribution in [0.3, 0.4) is 0 Å². The monoisotopic (exact) mass is 423 g/mol. The number of hydrogen-bond donors (Lipinski definition) is 0. The Morgan fingerprint density at radius 2 is 1.81 bits per heavy atom. The first-order valence-corrected chi connectivity index (χ1v) is 9.88. The first-order valence-electron chi connectivity index (χ1n) is 9.88. The van der Waals surface area contributed by atoms with Crippen molar-refractivity contribution in [1.29, 1.82) is 0 Å². The number of nitrogens with zero attached hydrogens (tertiary/aromatic N) is 3. The Bertz CT molecular complexity index is 1130. The van der Waals surface area contributed by atoms with Gasteiger partial charge in [-0.25, -0.2) is 9.48 Å². The molecular formula is C23H25N3O5. The van der Waals surface area contributed by atoms with Crippen LogP contribution in [0.5, 0.6) is 0 Å². The fourth-order valence-electron chi connectivity index (χ4n) is 3.32. The summed E-state index contributed by atoms with van der Waals surface area (Å²) < 4.78 is 13.5. The Morgan fingerprint density at radius 1 is 1.06 bits per heavy atom. The number of carbonyl (C=O) groups excluding carboxylic acids is 2. The summed E-state index contributed by atoms with van der Waals surface area (Å²) in [6.07, 6.45) is 0. The van der Waals surface area contributed by atoms with Crippen LogP contribution < -0.4 is 5.56 Å². The second-order valence-electron chi connectivity index (χ2n) is 7.13. The van der Waals surface area contributed by atoms with E-state index in [4.69, 9.17) is 9.47 Å². The number of methoxy groups -OCH3 is 1. The molecule has 0 amide bonds. The van der Waals surface area contributed by atoms with Crippen molar-refractivity contribution in [2.24, 2.45) is 0 Å². The van der Waals surface area contributed by atoms with E-state index in [1.165, 1.54) is 16.8 Å². The van der Waals surface area contributed by atoms with Gasteiger partial charge in [0.05, 0.1) is 13.2 Å². The topological polar surface area (TPSA) is 92.4 Å². The Kier molecular flexibility index (Phi) is 7.15. The third-order valence-electron chi connectivity index (χ3n) is 4.98. The smallest absolute Gasteiger partial charge is 0.359 e. The molecule has 0 aliphatic heterocycles. The van der Waals surface area contributed by atoms with Gasteiger partial charge in [0.2, 0.25) is 5.78 Å². The molecule has 0 saturated carbocycles. The highest BCUT2D eigenvalue weighted by Gasteiger charge is 2.19. The lowest BCUT2D eigenvalue weighted by atomic mass is 10.1. The minimum atomic E-state index is -0.761. The van der Waals surface area contributed by atoms with Crippen molar-refractivity contribution in [1.82, 2.24) is 14.3 Å². The zero-order valence-electron chi connectivity index (χ0n) is 17.8. The molecule has 0 fully saturated rings. The van der Waals surface area contributed by atoms with Gasteiger partial charge in [0.25, 0.3) is 5.56 Å². The molecule has 0 aliphatic rings. The lowest BCUT2D eigenvalue weighted by Crippen LogP contribution is -2.26. The summed E-state index contributed by atoms with van der Waals surface area (Å²) in [4.78, 5) is 37.1. The first kappa shape index (κ1) is 22.2. The van der Waals surface area contributed by atoms with Gasteiger partial charge in [-0.05, 0) is 31.5 Å². The molecule has 0 N–H and O–H groups in total. The minimum absolute atomic E-state index is 0.0334. The summed E-state index contributed by atoms with van der Waals surface area (Å²) in [6.45, 7) is 4.74. The maximum absolute atomic E-state index is 12.6. The molecule has 2 heterocycles. The van der Waals surface area contributed by atoms with Crippen molar-refractivity contribution in [3.63, 3.8) is 0 Å². The predicted octanol–water partition coefficient (Wildman–Crippen LogP) is 2.40. The zero-order valence-corrected chi connectivity index (χ0v) is 17.8. The fraction of sp³-hybridized carbons (Fsp3) is 0.304. The Balaban J connectivity index is 1.68. The maximum atomic E-state index is 12.6. The van der Waals surface area contributed by atoms with Crippen LogP contribution in [0.15, 0.2) is 53.3 Å². The van der Waals surface area contributed by atoms with E-state index in [0.717, 1.165) is 17.0 Å². The number of rotatable bonds is 9. The van der Waals surface area contributed by atoms with Gasteiger partial charge < -0.3 is 14.0 Å². The number of benzene rings is 1. The van der Waals surface area contributed by atoms with E-state index in [1.54, 1.807) is 13.2 Å². The number of carbonyl (C=O) groups is 2. The molecule has 0 atom stereocenters. The largest absolute Gasteiger partial charge is 0.453 e. The molecule has 31 heavy (non-hydrogen) atoms. The summed E-state index contributed by atoms with van der Waals surface area (Å²) in [5.74, 6) is -1.06. The van der Waals surface area contributed by atoms with E-state index in [2.05, 4.69) is 5.10 Å². The number of hydrogen-bond acceptors (Lipinski definition) is 6. The van der Waals surface area contributed by atoms with Crippen molar-refractivity contribution in [2.45, 2.75) is 26.9 Å². The summed E-state index contributed by atoms with van der Waals surface area (Å²) in [5, 5.41) is 4.09. The van der Waals surface area contributed by atoms with Gasteiger partial charge in [-0.15, -0.1) is 0 Å². The Morgan fingerprint density at radius 3 is 2.52 bits per heavy atom. The van der Waals surface area contributed by atoms with Crippen LogP contribution in [0.4, 0.5) is 0 Å². The van der Waals surface area contributed by atoms with E-state index in [0.29, 0.717) is 18.7 Å². The molecule has 0 bridgehead atoms. The quantitative estimate of drug-likeness (QED) is 0.388. The highest BCUT2D eigenvalue weighted by Crippen LogP contribution is 2.16. The molecule has 0 saturated heterocycles. The van der Waals surface area contributed by atoms with Crippen LogP contribution in [0.1, 0.15) is 37.8 Å². The molecule has 1 aromatic carbocycles. The average Bonchev–Trinajstić information content (AvgIpc) is 3.06. The van der Waals surface area contributed by atoms with Crippen molar-refractivity contribution in [3.05, 3.63) is 87.1 Å². The first-order chi connectivity index (χ1) is 14.9. The van der Waals surface area contributed by atoms with Gasteiger partial charge in [-0.2, -0.15) is 5.10 Å². The minimum Gasteiger partial charge on any atom is -0.453 e. The molecule has 8 heteroatoms. The van der Waals surface area contributed by atoms with Crippen LogP contribution in [0.2, 0.25) is 0 Å². The molecule has 3 rings (SSSR count). The lowest BCUT2D eigenvalue weighted by Gasteiger charge is -2.09. The zero-order chi connectivity index (χ0) is 22.4. The fourth-order valence-corrected chi connectivity index (χ4v) is 3.32. The number of aryl methyl sites for hydroxylation is 1. The molecule has 162 valence electrons.